The zero-order chi connectivity index (χ0) is 14.7. The summed E-state index contributed by atoms with van der Waals surface area (Å²) in [7, 11) is 1.44. The highest BCUT2D eigenvalue weighted by Gasteiger charge is 2.69. The van der Waals surface area contributed by atoms with Crippen molar-refractivity contribution in [3.8, 4) is 0 Å². The van der Waals surface area contributed by atoms with Crippen LogP contribution in [0.2, 0.25) is 0 Å². The molecule has 4 atom stereocenters. The van der Waals surface area contributed by atoms with Crippen molar-refractivity contribution in [3.05, 3.63) is 0 Å². The van der Waals surface area contributed by atoms with Crippen molar-refractivity contribution < 1.29 is 19.1 Å². The SMILES string of the molecule is COC(=O)C[C@@H]1[C@]2(CCN3C(=O)C[C@@H]4CCCC[C@]413)CO2. The zero-order valence-corrected chi connectivity index (χ0v) is 12.6. The topological polar surface area (TPSA) is 59.1 Å². The molecule has 3 saturated heterocycles. The Morgan fingerprint density at radius 1 is 1.43 bits per heavy atom. The number of carbonyl (C=O) groups is 2. The lowest BCUT2D eigenvalue weighted by atomic mass is 9.59. The van der Waals surface area contributed by atoms with E-state index >= 15 is 0 Å². The highest BCUT2D eigenvalue weighted by atomic mass is 16.6. The molecule has 4 fully saturated rings. The number of carbonyl (C=O) groups excluding carboxylic acids is 2. The fourth-order valence-corrected chi connectivity index (χ4v) is 5.40. The maximum atomic E-state index is 12.5. The monoisotopic (exact) mass is 293 g/mol. The normalized spacial score (nSPS) is 44.4. The van der Waals surface area contributed by atoms with Crippen LogP contribution in [0.15, 0.2) is 0 Å². The highest BCUT2D eigenvalue weighted by Crippen LogP contribution is 2.60. The zero-order valence-electron chi connectivity index (χ0n) is 12.6. The van der Waals surface area contributed by atoms with Gasteiger partial charge in [-0.05, 0) is 25.2 Å². The number of piperidine rings is 1. The molecule has 0 aromatic carbocycles. The van der Waals surface area contributed by atoms with Gasteiger partial charge in [-0.15, -0.1) is 0 Å². The smallest absolute Gasteiger partial charge is 0.305 e. The number of hydrogen-bond donors (Lipinski definition) is 0. The molecule has 0 aromatic rings. The number of ether oxygens (including phenoxy) is 2. The molecule has 116 valence electrons. The Hall–Kier alpha value is -1.10. The first-order valence-corrected chi connectivity index (χ1v) is 8.14. The fourth-order valence-electron chi connectivity index (χ4n) is 5.40. The van der Waals surface area contributed by atoms with Crippen molar-refractivity contribution >= 4 is 11.9 Å². The third kappa shape index (κ3) is 1.73. The summed E-state index contributed by atoms with van der Waals surface area (Å²) in [5.41, 5.74) is -0.302. The van der Waals surface area contributed by atoms with Crippen LogP contribution in [0, 0.1) is 11.8 Å². The molecule has 5 heteroatoms. The molecule has 1 aliphatic carbocycles. The van der Waals surface area contributed by atoms with Crippen molar-refractivity contribution in [1.82, 2.24) is 4.90 Å². The van der Waals surface area contributed by atoms with Crippen LogP contribution in [0.5, 0.6) is 0 Å². The van der Waals surface area contributed by atoms with E-state index in [0.29, 0.717) is 18.8 Å². The maximum absolute atomic E-state index is 12.5. The van der Waals surface area contributed by atoms with Crippen molar-refractivity contribution in [2.75, 3.05) is 20.3 Å². The number of hydrogen-bond acceptors (Lipinski definition) is 4. The first-order valence-electron chi connectivity index (χ1n) is 8.14. The van der Waals surface area contributed by atoms with Crippen molar-refractivity contribution in [2.24, 2.45) is 11.8 Å². The van der Waals surface area contributed by atoms with Crippen LogP contribution in [-0.4, -0.2) is 48.2 Å². The summed E-state index contributed by atoms with van der Waals surface area (Å²) in [6.45, 7) is 1.54. The van der Waals surface area contributed by atoms with E-state index in [2.05, 4.69) is 4.90 Å². The number of epoxide rings is 1. The second kappa shape index (κ2) is 4.45. The van der Waals surface area contributed by atoms with Crippen molar-refractivity contribution in [1.29, 1.82) is 0 Å². The summed E-state index contributed by atoms with van der Waals surface area (Å²) in [6.07, 6.45) is 6.39. The predicted octanol–water partition coefficient (Wildman–Crippen LogP) is 1.50. The number of rotatable bonds is 2. The van der Waals surface area contributed by atoms with Gasteiger partial charge in [0.25, 0.3) is 0 Å². The molecule has 4 rings (SSSR count). The summed E-state index contributed by atoms with van der Waals surface area (Å²) in [5, 5.41) is 0. The number of methoxy groups -OCH3 is 1. The van der Waals surface area contributed by atoms with Crippen LogP contribution in [0.25, 0.3) is 0 Å². The second-order valence-electron chi connectivity index (χ2n) is 7.12. The average molecular weight is 293 g/mol. The molecular formula is C16H23NO4. The molecule has 0 aromatic heterocycles. The highest BCUT2D eigenvalue weighted by molar-refractivity contribution is 5.81. The van der Waals surface area contributed by atoms with E-state index in [9.17, 15) is 9.59 Å². The van der Waals surface area contributed by atoms with Crippen LogP contribution in [0.4, 0.5) is 0 Å². The maximum Gasteiger partial charge on any atom is 0.305 e. The van der Waals surface area contributed by atoms with E-state index in [1.165, 1.54) is 13.5 Å². The van der Waals surface area contributed by atoms with Crippen LogP contribution < -0.4 is 0 Å². The first-order chi connectivity index (χ1) is 10.1. The lowest BCUT2D eigenvalue weighted by Gasteiger charge is -2.55. The number of amides is 1. The minimum absolute atomic E-state index is 0.114. The van der Waals surface area contributed by atoms with Gasteiger partial charge in [0.05, 0.1) is 31.3 Å². The van der Waals surface area contributed by atoms with Gasteiger partial charge in [0.2, 0.25) is 5.91 Å². The van der Waals surface area contributed by atoms with Crippen LogP contribution in [-0.2, 0) is 19.1 Å². The van der Waals surface area contributed by atoms with Crippen LogP contribution in [0.1, 0.15) is 44.9 Å². The molecule has 2 spiro atoms. The van der Waals surface area contributed by atoms with Gasteiger partial charge in [0, 0.05) is 18.9 Å². The van der Waals surface area contributed by atoms with E-state index in [-0.39, 0.29) is 28.9 Å². The van der Waals surface area contributed by atoms with Gasteiger partial charge in [0.15, 0.2) is 0 Å². The minimum Gasteiger partial charge on any atom is -0.469 e. The average Bonchev–Trinajstić information content (AvgIpc) is 3.19. The standard InChI is InChI=1S/C16H23NO4/c1-20-14(19)9-12-15(10-21-15)6-7-17-13(18)8-11-4-2-3-5-16(11,12)17/h11-12H,2-10H2,1H3/t11-,12+,15-,16-/m0/s1. The van der Waals surface area contributed by atoms with E-state index in [1.54, 1.807) is 0 Å². The quantitative estimate of drug-likeness (QED) is 0.572. The summed E-state index contributed by atoms with van der Waals surface area (Å²) in [6, 6.07) is 0. The molecule has 1 saturated carbocycles. The Morgan fingerprint density at radius 3 is 2.95 bits per heavy atom. The molecule has 0 N–H and O–H groups in total. The van der Waals surface area contributed by atoms with Gasteiger partial charge in [-0.1, -0.05) is 12.8 Å². The van der Waals surface area contributed by atoms with Gasteiger partial charge in [0.1, 0.15) is 0 Å². The van der Waals surface area contributed by atoms with E-state index in [0.717, 1.165) is 38.8 Å². The summed E-state index contributed by atoms with van der Waals surface area (Å²) in [4.78, 5) is 26.5. The molecule has 21 heavy (non-hydrogen) atoms. The molecule has 0 bridgehead atoms. The van der Waals surface area contributed by atoms with Gasteiger partial charge in [-0.3, -0.25) is 9.59 Å². The Bertz CT molecular complexity index is 487. The molecule has 1 amide bonds. The lowest BCUT2D eigenvalue weighted by Crippen LogP contribution is -2.64. The Balaban J connectivity index is 1.75. The molecule has 0 unspecified atom stereocenters. The molecular weight excluding hydrogens is 270 g/mol. The Morgan fingerprint density at radius 2 is 2.24 bits per heavy atom. The first kappa shape index (κ1) is 13.6. The second-order valence-corrected chi connectivity index (χ2v) is 7.12. The summed E-state index contributed by atoms with van der Waals surface area (Å²) < 4.78 is 10.8. The van der Waals surface area contributed by atoms with Crippen molar-refractivity contribution in [2.45, 2.75) is 56.1 Å². The third-order valence-corrected chi connectivity index (χ3v) is 6.42. The van der Waals surface area contributed by atoms with Gasteiger partial charge in [-0.2, -0.15) is 0 Å². The van der Waals surface area contributed by atoms with E-state index in [1.807, 2.05) is 0 Å². The molecule has 4 aliphatic rings. The van der Waals surface area contributed by atoms with Crippen LogP contribution in [0.3, 0.4) is 0 Å². The summed E-state index contributed by atoms with van der Waals surface area (Å²) in [5.74, 6) is 0.625. The van der Waals surface area contributed by atoms with Gasteiger partial charge < -0.3 is 14.4 Å². The predicted molar refractivity (Wildman–Crippen MR) is 74.4 cm³/mol. The van der Waals surface area contributed by atoms with Gasteiger partial charge in [-0.25, -0.2) is 0 Å². The van der Waals surface area contributed by atoms with Gasteiger partial charge >= 0.3 is 5.97 Å². The fraction of sp³-hybridized carbons (Fsp3) is 0.875. The molecule has 5 nitrogen and oxygen atoms in total. The lowest BCUT2D eigenvalue weighted by molar-refractivity contribution is -0.153. The minimum atomic E-state index is -0.172. The Kier molecular flexibility index (Phi) is 2.87. The number of nitrogens with zero attached hydrogens (tertiary/aromatic N) is 1. The molecule has 3 aliphatic heterocycles. The van der Waals surface area contributed by atoms with E-state index in [4.69, 9.17) is 9.47 Å². The third-order valence-electron chi connectivity index (χ3n) is 6.42. The Labute approximate surface area is 125 Å². The van der Waals surface area contributed by atoms with Crippen molar-refractivity contribution in [3.63, 3.8) is 0 Å². The molecule has 0 radical (unpaired) electrons. The largest absolute Gasteiger partial charge is 0.469 e. The summed E-state index contributed by atoms with van der Waals surface area (Å²) >= 11 is 0. The van der Waals surface area contributed by atoms with Crippen LogP contribution >= 0.6 is 0 Å². The number of esters is 1. The van der Waals surface area contributed by atoms with E-state index < -0.39 is 0 Å². The molecule has 3 heterocycles.